The zero-order chi connectivity index (χ0) is 8.69. The van der Waals surface area contributed by atoms with Crippen LogP contribution in [0.15, 0.2) is 15.4 Å². The van der Waals surface area contributed by atoms with Crippen molar-refractivity contribution >= 4 is 5.84 Å². The molecule has 0 saturated heterocycles. The summed E-state index contributed by atoms with van der Waals surface area (Å²) in [4.78, 5) is 2.03. The molecule has 0 aliphatic rings. The Morgan fingerprint density at radius 2 is 2.09 bits per heavy atom. The molecule has 2 N–H and O–H groups in total. The average molecular weight is 157 g/mol. The van der Waals surface area contributed by atoms with E-state index in [2.05, 4.69) is 15.4 Å². The molecule has 5 heteroatoms. The average Bonchev–Trinajstić information content (AvgIpc) is 1.85. The fraction of sp³-hybridized carbons (Fsp3) is 0.833. The molecule has 0 fully saturated rings. The van der Waals surface area contributed by atoms with Gasteiger partial charge < -0.3 is 10.6 Å². The van der Waals surface area contributed by atoms with E-state index in [1.165, 1.54) is 0 Å². The molecule has 0 spiro atoms. The van der Waals surface area contributed by atoms with Gasteiger partial charge in [-0.25, -0.2) is 0 Å². The Kier molecular flexibility index (Phi) is 5.28. The molecule has 11 heavy (non-hydrogen) atoms. The number of nitrogens with two attached hydrogens (primary N) is 1. The van der Waals surface area contributed by atoms with Crippen LogP contribution in [0.2, 0.25) is 0 Å². The standard InChI is InChI=1S/C6H15N5/c1-6(7)9-10-8-4-5-11(2)3/h4-5H2,1-3H3,(H2,7,8,9). The van der Waals surface area contributed by atoms with Gasteiger partial charge in [0.15, 0.2) is 0 Å². The van der Waals surface area contributed by atoms with Crippen LogP contribution < -0.4 is 5.73 Å². The molecule has 0 heterocycles. The van der Waals surface area contributed by atoms with Gasteiger partial charge in [0.25, 0.3) is 0 Å². The Morgan fingerprint density at radius 3 is 2.55 bits per heavy atom. The number of likely N-dealkylation sites (N-methyl/N-ethyl adjacent to an activating group) is 1. The van der Waals surface area contributed by atoms with Gasteiger partial charge >= 0.3 is 0 Å². The first-order valence-corrected chi connectivity index (χ1v) is 3.44. The van der Waals surface area contributed by atoms with Gasteiger partial charge in [-0.1, -0.05) is 0 Å². The molecular weight excluding hydrogens is 142 g/mol. The largest absolute Gasteiger partial charge is 0.386 e. The molecule has 0 atom stereocenters. The fourth-order valence-electron chi connectivity index (χ4n) is 0.392. The molecule has 0 bridgehead atoms. The summed E-state index contributed by atoms with van der Waals surface area (Å²) in [6.45, 7) is 3.21. The van der Waals surface area contributed by atoms with E-state index in [-0.39, 0.29) is 0 Å². The second kappa shape index (κ2) is 5.79. The Hall–Kier alpha value is -0.970. The van der Waals surface area contributed by atoms with Gasteiger partial charge in [0, 0.05) is 6.54 Å². The topological polar surface area (TPSA) is 66.3 Å². The monoisotopic (exact) mass is 157 g/mol. The first-order valence-electron chi connectivity index (χ1n) is 3.44. The Balaban J connectivity index is 3.38. The lowest BCUT2D eigenvalue weighted by Gasteiger charge is -2.03. The molecular formula is C6H15N5. The molecule has 0 aromatic carbocycles. The zero-order valence-electron chi connectivity index (χ0n) is 7.28. The highest BCUT2D eigenvalue weighted by molar-refractivity contribution is 5.77. The van der Waals surface area contributed by atoms with Crippen LogP contribution in [0.25, 0.3) is 0 Å². The van der Waals surface area contributed by atoms with E-state index in [9.17, 15) is 0 Å². The third-order valence-electron chi connectivity index (χ3n) is 0.913. The summed E-state index contributed by atoms with van der Waals surface area (Å²) < 4.78 is 0. The van der Waals surface area contributed by atoms with Crippen LogP contribution in [0.1, 0.15) is 6.92 Å². The van der Waals surface area contributed by atoms with Crippen LogP contribution in [0.5, 0.6) is 0 Å². The molecule has 0 radical (unpaired) electrons. The van der Waals surface area contributed by atoms with E-state index < -0.39 is 0 Å². The first-order chi connectivity index (χ1) is 5.13. The van der Waals surface area contributed by atoms with Crippen molar-refractivity contribution in [1.29, 1.82) is 0 Å². The highest BCUT2D eigenvalue weighted by Gasteiger charge is 1.85. The Morgan fingerprint density at radius 1 is 1.45 bits per heavy atom. The van der Waals surface area contributed by atoms with Gasteiger partial charge in [-0.2, -0.15) is 5.11 Å². The van der Waals surface area contributed by atoms with Crippen LogP contribution in [0.3, 0.4) is 0 Å². The van der Waals surface area contributed by atoms with E-state index >= 15 is 0 Å². The highest BCUT2D eigenvalue weighted by atomic mass is 15.4. The maximum absolute atomic E-state index is 5.22. The number of hydrogen-bond donors (Lipinski definition) is 1. The quantitative estimate of drug-likeness (QED) is 0.276. The van der Waals surface area contributed by atoms with Gasteiger partial charge in [0.05, 0.1) is 6.54 Å². The summed E-state index contributed by atoms with van der Waals surface area (Å²) in [5.74, 6) is 0.429. The summed E-state index contributed by atoms with van der Waals surface area (Å²) in [7, 11) is 3.96. The van der Waals surface area contributed by atoms with Crippen molar-refractivity contribution in [3.63, 3.8) is 0 Å². The van der Waals surface area contributed by atoms with Crippen molar-refractivity contribution in [2.75, 3.05) is 27.2 Å². The van der Waals surface area contributed by atoms with Gasteiger partial charge in [-0.05, 0) is 26.2 Å². The lowest BCUT2D eigenvalue weighted by Crippen LogP contribution is -2.15. The van der Waals surface area contributed by atoms with E-state index in [0.29, 0.717) is 12.4 Å². The zero-order valence-corrected chi connectivity index (χ0v) is 7.28. The predicted molar refractivity (Wildman–Crippen MR) is 45.6 cm³/mol. The second-order valence-corrected chi connectivity index (χ2v) is 2.50. The molecule has 0 amide bonds. The summed E-state index contributed by atoms with van der Waals surface area (Å²) in [6, 6.07) is 0. The van der Waals surface area contributed by atoms with Gasteiger partial charge in [0.2, 0.25) is 0 Å². The van der Waals surface area contributed by atoms with Gasteiger partial charge in [-0.15, -0.1) is 5.10 Å². The minimum absolute atomic E-state index is 0.429. The molecule has 0 saturated carbocycles. The predicted octanol–water partition coefficient (Wildman–Crippen LogP) is 0.292. The molecule has 0 rings (SSSR count). The maximum Gasteiger partial charge on any atom is 0.121 e. The summed E-state index contributed by atoms with van der Waals surface area (Å²) >= 11 is 0. The summed E-state index contributed by atoms with van der Waals surface area (Å²) in [5, 5.41) is 10.8. The van der Waals surface area contributed by atoms with Crippen LogP contribution in [0.4, 0.5) is 0 Å². The normalized spacial score (nSPS) is 13.3. The Labute approximate surface area is 67.0 Å². The summed E-state index contributed by atoms with van der Waals surface area (Å²) in [6.07, 6.45) is 0. The van der Waals surface area contributed by atoms with Gasteiger partial charge in [-0.3, -0.25) is 0 Å². The van der Waals surface area contributed by atoms with Crippen LogP contribution in [-0.4, -0.2) is 37.9 Å². The highest BCUT2D eigenvalue weighted by Crippen LogP contribution is 1.80. The number of nitrogens with zero attached hydrogens (tertiary/aromatic N) is 4. The van der Waals surface area contributed by atoms with E-state index in [0.717, 1.165) is 6.54 Å². The van der Waals surface area contributed by atoms with Crippen molar-refractivity contribution in [2.24, 2.45) is 21.2 Å². The fourth-order valence-corrected chi connectivity index (χ4v) is 0.392. The minimum atomic E-state index is 0.429. The Bertz CT molecular complexity index is 145. The van der Waals surface area contributed by atoms with E-state index in [1.807, 2.05) is 19.0 Å². The van der Waals surface area contributed by atoms with Crippen LogP contribution in [0, 0.1) is 0 Å². The van der Waals surface area contributed by atoms with Crippen molar-refractivity contribution in [3.05, 3.63) is 0 Å². The third kappa shape index (κ3) is 9.03. The summed E-state index contributed by atoms with van der Waals surface area (Å²) in [5.41, 5.74) is 5.22. The van der Waals surface area contributed by atoms with Crippen molar-refractivity contribution in [3.8, 4) is 0 Å². The lowest BCUT2D eigenvalue weighted by atomic mass is 10.6. The van der Waals surface area contributed by atoms with Crippen molar-refractivity contribution < 1.29 is 0 Å². The van der Waals surface area contributed by atoms with E-state index in [4.69, 9.17) is 5.73 Å². The lowest BCUT2D eigenvalue weighted by molar-refractivity contribution is 0.417. The minimum Gasteiger partial charge on any atom is -0.386 e. The third-order valence-corrected chi connectivity index (χ3v) is 0.913. The maximum atomic E-state index is 5.22. The molecule has 64 valence electrons. The van der Waals surface area contributed by atoms with Crippen molar-refractivity contribution in [1.82, 2.24) is 4.90 Å². The molecule has 0 aliphatic carbocycles. The smallest absolute Gasteiger partial charge is 0.121 e. The van der Waals surface area contributed by atoms with E-state index in [1.54, 1.807) is 6.92 Å². The number of rotatable bonds is 4. The van der Waals surface area contributed by atoms with Crippen LogP contribution in [-0.2, 0) is 0 Å². The molecule has 0 aliphatic heterocycles. The SMILES string of the molecule is C/C(N)=N/N=NCCN(C)C. The first kappa shape index (κ1) is 10.0. The number of hydrogen-bond acceptors (Lipinski definition) is 3. The van der Waals surface area contributed by atoms with Gasteiger partial charge in [0.1, 0.15) is 5.84 Å². The van der Waals surface area contributed by atoms with Crippen molar-refractivity contribution in [2.45, 2.75) is 6.92 Å². The molecule has 5 nitrogen and oxygen atoms in total. The second-order valence-electron chi connectivity index (χ2n) is 2.50. The number of amidine groups is 1. The molecule has 0 aromatic heterocycles. The molecule has 0 unspecified atom stereocenters. The molecule has 0 aromatic rings. The van der Waals surface area contributed by atoms with Crippen LogP contribution >= 0.6 is 0 Å².